The van der Waals surface area contributed by atoms with Gasteiger partial charge in [0.15, 0.2) is 0 Å². The first-order chi connectivity index (χ1) is 15.1. The predicted octanol–water partition coefficient (Wildman–Crippen LogP) is 5.76. The van der Waals surface area contributed by atoms with E-state index in [1.54, 1.807) is 0 Å². The molecule has 2 aliphatic heterocycles. The Labute approximate surface area is 194 Å². The summed E-state index contributed by atoms with van der Waals surface area (Å²) in [5, 5.41) is 3.10. The Kier molecular flexibility index (Phi) is 6.10. The molecular formula is C28H39N3O. The summed E-state index contributed by atoms with van der Waals surface area (Å²) >= 11 is 0. The van der Waals surface area contributed by atoms with Crippen LogP contribution in [0.25, 0.3) is 0 Å². The Balaban J connectivity index is 1.47. The van der Waals surface area contributed by atoms with E-state index in [-0.39, 0.29) is 22.9 Å². The SMILES string of the molecule is Cc1ccc2c(c1)C1(CCN(Cc3ccc(C(C)(C)C)cc3)CC1)CN2C(=O)NC(C)C. The smallest absolute Gasteiger partial charge is 0.322 e. The number of carbonyl (C=O) groups excluding carboxylic acids is 1. The zero-order valence-electron chi connectivity index (χ0n) is 20.7. The average Bonchev–Trinajstić information content (AvgIpc) is 3.03. The molecule has 1 fully saturated rings. The second kappa shape index (κ2) is 8.55. The zero-order valence-corrected chi connectivity index (χ0v) is 20.7. The summed E-state index contributed by atoms with van der Waals surface area (Å²) in [4.78, 5) is 17.5. The molecule has 0 saturated carbocycles. The lowest BCUT2D eigenvalue weighted by Gasteiger charge is -2.40. The molecule has 172 valence electrons. The Morgan fingerprint density at radius 3 is 2.31 bits per heavy atom. The Morgan fingerprint density at radius 1 is 1.06 bits per heavy atom. The molecule has 2 heterocycles. The number of aryl methyl sites for hydroxylation is 1. The molecule has 2 aliphatic rings. The van der Waals surface area contributed by atoms with E-state index in [0.717, 1.165) is 44.7 Å². The number of nitrogens with zero attached hydrogens (tertiary/aromatic N) is 2. The molecular weight excluding hydrogens is 394 g/mol. The molecule has 1 saturated heterocycles. The molecule has 32 heavy (non-hydrogen) atoms. The number of anilines is 1. The summed E-state index contributed by atoms with van der Waals surface area (Å²) in [5.74, 6) is 0. The summed E-state index contributed by atoms with van der Waals surface area (Å²) < 4.78 is 0. The van der Waals surface area contributed by atoms with Crippen molar-refractivity contribution < 1.29 is 4.79 Å². The monoisotopic (exact) mass is 433 g/mol. The van der Waals surface area contributed by atoms with Crippen molar-refractivity contribution in [1.82, 2.24) is 10.2 Å². The summed E-state index contributed by atoms with van der Waals surface area (Å²) in [5.41, 5.74) is 6.77. The third-order valence-electron chi connectivity index (χ3n) is 7.17. The van der Waals surface area contributed by atoms with Crippen LogP contribution in [0.1, 0.15) is 69.7 Å². The summed E-state index contributed by atoms with van der Waals surface area (Å²) in [7, 11) is 0. The van der Waals surface area contributed by atoms with E-state index in [2.05, 4.69) is 80.4 Å². The van der Waals surface area contributed by atoms with Crippen molar-refractivity contribution in [2.75, 3.05) is 24.5 Å². The van der Waals surface area contributed by atoms with Gasteiger partial charge in [0.05, 0.1) is 0 Å². The van der Waals surface area contributed by atoms with Crippen LogP contribution in [0.4, 0.5) is 10.5 Å². The second-order valence-electron chi connectivity index (χ2n) is 11.2. The third kappa shape index (κ3) is 4.56. The lowest BCUT2D eigenvalue weighted by atomic mass is 9.74. The third-order valence-corrected chi connectivity index (χ3v) is 7.17. The fourth-order valence-corrected chi connectivity index (χ4v) is 5.22. The molecule has 0 aromatic heterocycles. The van der Waals surface area contributed by atoms with Crippen molar-refractivity contribution in [3.8, 4) is 0 Å². The van der Waals surface area contributed by atoms with Gasteiger partial charge in [0, 0.05) is 30.2 Å². The van der Waals surface area contributed by atoms with Gasteiger partial charge in [-0.2, -0.15) is 0 Å². The van der Waals surface area contributed by atoms with Gasteiger partial charge >= 0.3 is 6.03 Å². The molecule has 2 aromatic rings. The van der Waals surface area contributed by atoms with Crippen molar-refractivity contribution in [2.24, 2.45) is 0 Å². The van der Waals surface area contributed by atoms with E-state index in [9.17, 15) is 4.79 Å². The number of fused-ring (bicyclic) bond motifs is 2. The van der Waals surface area contributed by atoms with Crippen LogP contribution in [0.3, 0.4) is 0 Å². The molecule has 0 atom stereocenters. The highest BCUT2D eigenvalue weighted by atomic mass is 16.2. The highest BCUT2D eigenvalue weighted by Crippen LogP contribution is 2.47. The summed E-state index contributed by atoms with van der Waals surface area (Å²) in [6, 6.07) is 15.9. The lowest BCUT2D eigenvalue weighted by molar-refractivity contribution is 0.159. The van der Waals surface area contributed by atoms with Crippen molar-refractivity contribution in [1.29, 1.82) is 0 Å². The molecule has 0 radical (unpaired) electrons. The fourth-order valence-electron chi connectivity index (χ4n) is 5.22. The van der Waals surface area contributed by atoms with Crippen molar-refractivity contribution in [2.45, 2.75) is 77.8 Å². The number of hydrogen-bond acceptors (Lipinski definition) is 2. The lowest BCUT2D eigenvalue weighted by Crippen LogP contribution is -2.48. The van der Waals surface area contributed by atoms with E-state index in [0.29, 0.717) is 0 Å². The highest BCUT2D eigenvalue weighted by Gasteiger charge is 2.46. The molecule has 2 aromatic carbocycles. The Morgan fingerprint density at radius 2 is 1.72 bits per heavy atom. The predicted molar refractivity (Wildman–Crippen MR) is 134 cm³/mol. The van der Waals surface area contributed by atoms with Crippen LogP contribution >= 0.6 is 0 Å². The largest absolute Gasteiger partial charge is 0.336 e. The topological polar surface area (TPSA) is 35.6 Å². The quantitative estimate of drug-likeness (QED) is 0.667. The van der Waals surface area contributed by atoms with Crippen molar-refractivity contribution in [3.63, 3.8) is 0 Å². The number of rotatable bonds is 3. The van der Waals surface area contributed by atoms with E-state index >= 15 is 0 Å². The highest BCUT2D eigenvalue weighted by molar-refractivity contribution is 5.95. The summed E-state index contributed by atoms with van der Waals surface area (Å²) in [6.45, 7) is 16.9. The minimum atomic E-state index is 0.0309. The van der Waals surface area contributed by atoms with Gasteiger partial charge in [-0.1, -0.05) is 62.7 Å². The minimum Gasteiger partial charge on any atom is -0.336 e. The molecule has 1 N–H and O–H groups in total. The Hall–Kier alpha value is -2.33. The number of hydrogen-bond donors (Lipinski definition) is 1. The van der Waals surface area contributed by atoms with Crippen LogP contribution in [0, 0.1) is 6.92 Å². The first-order valence-corrected chi connectivity index (χ1v) is 12.1. The van der Waals surface area contributed by atoms with E-state index < -0.39 is 0 Å². The number of benzene rings is 2. The molecule has 1 spiro atoms. The van der Waals surface area contributed by atoms with Crippen LogP contribution in [-0.4, -0.2) is 36.6 Å². The van der Waals surface area contributed by atoms with Crippen LogP contribution in [0.15, 0.2) is 42.5 Å². The molecule has 4 heteroatoms. The van der Waals surface area contributed by atoms with Crippen LogP contribution in [0.2, 0.25) is 0 Å². The Bertz CT molecular complexity index is 963. The van der Waals surface area contributed by atoms with E-state index in [1.807, 2.05) is 18.7 Å². The molecule has 4 rings (SSSR count). The zero-order chi connectivity index (χ0) is 23.1. The van der Waals surface area contributed by atoms with Crippen molar-refractivity contribution >= 4 is 11.7 Å². The molecule has 0 unspecified atom stereocenters. The van der Waals surface area contributed by atoms with Gasteiger partial charge in [0.25, 0.3) is 0 Å². The second-order valence-corrected chi connectivity index (χ2v) is 11.2. The van der Waals surface area contributed by atoms with Crippen LogP contribution in [0.5, 0.6) is 0 Å². The molecule has 0 bridgehead atoms. The maximum atomic E-state index is 12.9. The van der Waals surface area contributed by atoms with Gasteiger partial charge in [-0.25, -0.2) is 4.79 Å². The number of likely N-dealkylation sites (tertiary alicyclic amines) is 1. The fraction of sp³-hybridized carbons (Fsp3) is 0.536. The minimum absolute atomic E-state index is 0.0309. The van der Waals surface area contributed by atoms with Gasteiger partial charge in [0.2, 0.25) is 0 Å². The van der Waals surface area contributed by atoms with Crippen LogP contribution < -0.4 is 10.2 Å². The number of urea groups is 1. The maximum Gasteiger partial charge on any atom is 0.322 e. The van der Waals surface area contributed by atoms with E-state index in [4.69, 9.17) is 0 Å². The number of amides is 2. The first kappa shape index (κ1) is 22.8. The van der Waals surface area contributed by atoms with Gasteiger partial charge in [-0.15, -0.1) is 0 Å². The van der Waals surface area contributed by atoms with E-state index in [1.165, 1.54) is 22.3 Å². The molecule has 0 aliphatic carbocycles. The number of nitrogens with one attached hydrogen (secondary N) is 1. The van der Waals surface area contributed by atoms with Crippen LogP contribution in [-0.2, 0) is 17.4 Å². The normalized spacial score (nSPS) is 18.3. The standard InChI is InChI=1S/C28H39N3O/c1-20(2)29-26(32)31-19-28(24-17-21(3)7-12-25(24)31)13-15-30(16-14-28)18-22-8-10-23(11-9-22)27(4,5)6/h7-12,17,20H,13-16,18-19H2,1-6H3,(H,29,32). The van der Waals surface area contributed by atoms with Crippen molar-refractivity contribution in [3.05, 3.63) is 64.7 Å². The average molecular weight is 434 g/mol. The number of carbonyl (C=O) groups is 1. The van der Waals surface area contributed by atoms with Gasteiger partial charge in [-0.3, -0.25) is 9.80 Å². The van der Waals surface area contributed by atoms with Gasteiger partial charge in [0.1, 0.15) is 0 Å². The molecule has 4 nitrogen and oxygen atoms in total. The summed E-state index contributed by atoms with van der Waals surface area (Å²) in [6.07, 6.45) is 2.18. The molecule has 2 amide bonds. The maximum absolute atomic E-state index is 12.9. The van der Waals surface area contributed by atoms with Gasteiger partial charge < -0.3 is 5.32 Å². The van der Waals surface area contributed by atoms with Gasteiger partial charge in [-0.05, 0) is 74.9 Å². The first-order valence-electron chi connectivity index (χ1n) is 12.1. The number of piperidine rings is 1.